The van der Waals surface area contributed by atoms with Crippen molar-refractivity contribution in [3.8, 4) is 28.3 Å². The van der Waals surface area contributed by atoms with E-state index in [9.17, 15) is 5.11 Å². The van der Waals surface area contributed by atoms with Crippen LogP contribution in [-0.2, 0) is 0 Å². The van der Waals surface area contributed by atoms with Crippen LogP contribution < -0.4 is 0 Å². The fraction of sp³-hybridized carbons (Fsp3) is 0. The molecule has 2 N–H and O–H groups in total. The Balaban J connectivity index is 1.97. The van der Waals surface area contributed by atoms with Crippen molar-refractivity contribution in [2.75, 3.05) is 0 Å². The van der Waals surface area contributed by atoms with Gasteiger partial charge in [-0.25, -0.2) is 4.98 Å². The van der Waals surface area contributed by atoms with Crippen molar-refractivity contribution in [2.24, 2.45) is 0 Å². The molecule has 3 aromatic carbocycles. The largest absolute Gasteiger partial charge is 0.508 e. The third-order valence-electron chi connectivity index (χ3n) is 3.81. The predicted octanol–water partition coefficient (Wildman–Crippen LogP) is 5.26. The zero-order valence-electron chi connectivity index (χ0n) is 12.1. The number of aromatic nitrogens is 2. The van der Waals surface area contributed by atoms with E-state index in [1.165, 1.54) is 0 Å². The highest BCUT2D eigenvalue weighted by atomic mass is 35.5. The van der Waals surface area contributed by atoms with E-state index in [0.717, 1.165) is 27.7 Å². The van der Waals surface area contributed by atoms with E-state index in [2.05, 4.69) is 9.97 Å². The molecule has 4 heteroatoms. The van der Waals surface area contributed by atoms with Gasteiger partial charge in [-0.05, 0) is 42.0 Å². The zero-order chi connectivity index (χ0) is 15.8. The number of nitrogens with one attached hydrogen (secondary N) is 1. The van der Waals surface area contributed by atoms with Gasteiger partial charge in [-0.1, -0.05) is 41.9 Å². The minimum Gasteiger partial charge on any atom is -0.508 e. The lowest BCUT2D eigenvalue weighted by Crippen LogP contribution is -1.88. The molecule has 0 unspecified atom stereocenters. The Bertz CT molecular complexity index is 974. The summed E-state index contributed by atoms with van der Waals surface area (Å²) in [5.41, 5.74) is 4.48. The molecule has 0 spiro atoms. The summed E-state index contributed by atoms with van der Waals surface area (Å²) in [7, 11) is 0. The summed E-state index contributed by atoms with van der Waals surface area (Å²) in [5, 5.41) is 10.6. The Morgan fingerprint density at radius 1 is 0.826 bits per heavy atom. The number of aromatic hydroxyl groups is 1. The number of hydrogen-bond acceptors (Lipinski definition) is 2. The lowest BCUT2D eigenvalue weighted by molar-refractivity contribution is 0.475. The van der Waals surface area contributed by atoms with Gasteiger partial charge in [0.25, 0.3) is 0 Å². The van der Waals surface area contributed by atoms with Crippen molar-refractivity contribution >= 4 is 22.6 Å². The topological polar surface area (TPSA) is 48.9 Å². The average molecular weight is 321 g/mol. The number of rotatable bonds is 2. The highest BCUT2D eigenvalue weighted by Crippen LogP contribution is 2.37. The highest BCUT2D eigenvalue weighted by Gasteiger charge is 2.14. The van der Waals surface area contributed by atoms with Crippen LogP contribution in [0.25, 0.3) is 33.5 Å². The number of benzene rings is 3. The van der Waals surface area contributed by atoms with Crippen molar-refractivity contribution in [2.45, 2.75) is 0 Å². The summed E-state index contributed by atoms with van der Waals surface area (Å²) in [5.74, 6) is 0.897. The van der Waals surface area contributed by atoms with Gasteiger partial charge in [-0.2, -0.15) is 0 Å². The molecule has 112 valence electrons. The molecular weight excluding hydrogens is 308 g/mol. The van der Waals surface area contributed by atoms with E-state index in [0.29, 0.717) is 10.8 Å². The van der Waals surface area contributed by atoms with Crippen LogP contribution >= 0.6 is 11.6 Å². The van der Waals surface area contributed by atoms with Crippen LogP contribution in [0.15, 0.2) is 66.7 Å². The van der Waals surface area contributed by atoms with Gasteiger partial charge in [0.2, 0.25) is 0 Å². The maximum absolute atomic E-state index is 9.92. The van der Waals surface area contributed by atoms with Crippen LogP contribution in [0.1, 0.15) is 0 Å². The van der Waals surface area contributed by atoms with Crippen molar-refractivity contribution in [3.63, 3.8) is 0 Å². The average Bonchev–Trinajstić information content (AvgIpc) is 2.99. The van der Waals surface area contributed by atoms with Gasteiger partial charge in [-0.15, -0.1) is 0 Å². The lowest BCUT2D eigenvalue weighted by Gasteiger charge is -2.10. The van der Waals surface area contributed by atoms with Gasteiger partial charge < -0.3 is 10.1 Å². The second-order valence-corrected chi connectivity index (χ2v) is 5.72. The van der Waals surface area contributed by atoms with Crippen LogP contribution in [0.4, 0.5) is 0 Å². The van der Waals surface area contributed by atoms with Gasteiger partial charge >= 0.3 is 0 Å². The summed E-state index contributed by atoms with van der Waals surface area (Å²) in [6.45, 7) is 0. The molecule has 0 bridgehead atoms. The van der Waals surface area contributed by atoms with Gasteiger partial charge in [0, 0.05) is 16.1 Å². The molecule has 0 fully saturated rings. The van der Waals surface area contributed by atoms with Gasteiger partial charge in [0.1, 0.15) is 11.6 Å². The van der Waals surface area contributed by atoms with E-state index in [1.54, 1.807) is 12.1 Å². The summed E-state index contributed by atoms with van der Waals surface area (Å²) in [4.78, 5) is 7.93. The molecular formula is C19H13ClN2O. The van der Waals surface area contributed by atoms with E-state index >= 15 is 0 Å². The quantitative estimate of drug-likeness (QED) is 0.529. The van der Waals surface area contributed by atoms with Crippen LogP contribution in [0.3, 0.4) is 0 Å². The first-order valence-electron chi connectivity index (χ1n) is 7.25. The molecule has 0 atom stereocenters. The Morgan fingerprint density at radius 2 is 1.61 bits per heavy atom. The SMILES string of the molecule is Oc1ccc(-c2ccccc2Cl)c(-c2nc3ccccc3[nH]2)c1. The summed E-state index contributed by atoms with van der Waals surface area (Å²) in [6.07, 6.45) is 0. The van der Waals surface area contributed by atoms with Crippen molar-refractivity contribution in [1.82, 2.24) is 9.97 Å². The zero-order valence-corrected chi connectivity index (χ0v) is 12.9. The molecule has 0 saturated heterocycles. The molecule has 23 heavy (non-hydrogen) atoms. The number of aromatic amines is 1. The summed E-state index contributed by atoms with van der Waals surface area (Å²) < 4.78 is 0. The molecule has 4 aromatic rings. The number of para-hydroxylation sites is 2. The molecule has 1 heterocycles. The molecule has 3 nitrogen and oxygen atoms in total. The Morgan fingerprint density at radius 3 is 2.43 bits per heavy atom. The van der Waals surface area contributed by atoms with Crippen molar-refractivity contribution in [3.05, 3.63) is 71.8 Å². The van der Waals surface area contributed by atoms with Gasteiger partial charge in [0.15, 0.2) is 0 Å². The van der Waals surface area contributed by atoms with Crippen LogP contribution in [0.2, 0.25) is 5.02 Å². The molecule has 4 rings (SSSR count). The van der Waals surface area contributed by atoms with E-state index in [4.69, 9.17) is 11.6 Å². The Labute approximate surface area is 138 Å². The monoisotopic (exact) mass is 320 g/mol. The van der Waals surface area contributed by atoms with Gasteiger partial charge in [-0.3, -0.25) is 0 Å². The summed E-state index contributed by atoms with van der Waals surface area (Å²) in [6, 6.07) is 20.7. The minimum atomic E-state index is 0.191. The fourth-order valence-corrected chi connectivity index (χ4v) is 2.96. The number of nitrogens with zero attached hydrogens (tertiary/aromatic N) is 1. The first kappa shape index (κ1) is 13.9. The number of imidazole rings is 1. The number of H-pyrrole nitrogens is 1. The second-order valence-electron chi connectivity index (χ2n) is 5.31. The maximum atomic E-state index is 9.92. The summed E-state index contributed by atoms with van der Waals surface area (Å²) >= 11 is 6.34. The maximum Gasteiger partial charge on any atom is 0.139 e. The van der Waals surface area contributed by atoms with Crippen LogP contribution in [0.5, 0.6) is 5.75 Å². The first-order valence-corrected chi connectivity index (χ1v) is 7.63. The number of fused-ring (bicyclic) bond motifs is 1. The number of phenolic OH excluding ortho intramolecular Hbond substituents is 1. The standard InChI is InChI=1S/C19H13ClN2O/c20-16-6-2-1-5-14(16)13-10-9-12(23)11-15(13)19-21-17-7-3-4-8-18(17)22-19/h1-11,23H,(H,21,22). The smallest absolute Gasteiger partial charge is 0.139 e. The normalized spacial score (nSPS) is 11.0. The molecule has 0 aliphatic carbocycles. The number of hydrogen-bond donors (Lipinski definition) is 2. The molecule has 1 aromatic heterocycles. The third-order valence-corrected chi connectivity index (χ3v) is 4.14. The highest BCUT2D eigenvalue weighted by molar-refractivity contribution is 6.33. The molecule has 0 aliphatic rings. The van der Waals surface area contributed by atoms with E-state index < -0.39 is 0 Å². The van der Waals surface area contributed by atoms with E-state index in [1.807, 2.05) is 54.6 Å². The Kier molecular flexibility index (Phi) is 3.28. The van der Waals surface area contributed by atoms with Crippen molar-refractivity contribution < 1.29 is 5.11 Å². The minimum absolute atomic E-state index is 0.191. The van der Waals surface area contributed by atoms with Gasteiger partial charge in [0.05, 0.1) is 11.0 Å². The second kappa shape index (κ2) is 5.45. The van der Waals surface area contributed by atoms with Crippen LogP contribution in [0, 0.1) is 0 Å². The fourth-order valence-electron chi connectivity index (χ4n) is 2.72. The van der Waals surface area contributed by atoms with Crippen molar-refractivity contribution in [1.29, 1.82) is 0 Å². The number of phenols is 1. The third kappa shape index (κ3) is 2.45. The van der Waals surface area contributed by atoms with Crippen LogP contribution in [-0.4, -0.2) is 15.1 Å². The first-order chi connectivity index (χ1) is 11.2. The van der Waals surface area contributed by atoms with E-state index in [-0.39, 0.29) is 5.75 Å². The molecule has 0 amide bonds. The predicted molar refractivity (Wildman–Crippen MR) is 93.6 cm³/mol. The molecule has 0 saturated carbocycles. The lowest BCUT2D eigenvalue weighted by atomic mass is 9.99. The Hall–Kier alpha value is -2.78. The molecule has 0 radical (unpaired) electrons. The molecule has 0 aliphatic heterocycles. The number of halogens is 1.